The van der Waals surface area contributed by atoms with Gasteiger partial charge in [0.15, 0.2) is 11.6 Å². The van der Waals surface area contributed by atoms with Gasteiger partial charge in [-0.1, -0.05) is 0 Å². The van der Waals surface area contributed by atoms with Crippen molar-refractivity contribution in [3.63, 3.8) is 0 Å². The van der Waals surface area contributed by atoms with Crippen LogP contribution in [-0.2, 0) is 0 Å². The molecule has 1 amide bonds. The van der Waals surface area contributed by atoms with Gasteiger partial charge in [-0.3, -0.25) is 4.79 Å². The molecule has 2 rings (SSSR count). The van der Waals surface area contributed by atoms with Crippen molar-refractivity contribution in [1.29, 1.82) is 0 Å². The van der Waals surface area contributed by atoms with E-state index in [1.54, 1.807) is 12.1 Å². The lowest BCUT2D eigenvalue weighted by Crippen LogP contribution is -2.12. The number of amides is 1. The monoisotopic (exact) mass is 371 g/mol. The van der Waals surface area contributed by atoms with Crippen LogP contribution in [0.25, 0.3) is 0 Å². The highest BCUT2D eigenvalue weighted by Crippen LogP contribution is 2.19. The zero-order valence-corrected chi connectivity index (χ0v) is 12.3. The molecule has 98 valence electrons. The van der Waals surface area contributed by atoms with Gasteiger partial charge >= 0.3 is 0 Å². The van der Waals surface area contributed by atoms with Crippen LogP contribution in [0.3, 0.4) is 0 Å². The molecule has 2 aromatic carbocycles. The second-order valence-corrected chi connectivity index (χ2v) is 5.06. The molecule has 0 aliphatic rings. The average Bonchev–Trinajstić information content (AvgIpc) is 2.42. The first-order valence-corrected chi connectivity index (χ1v) is 6.58. The molecule has 2 aromatic rings. The van der Waals surface area contributed by atoms with E-state index in [2.05, 4.69) is 27.9 Å². The van der Waals surface area contributed by atoms with E-state index in [4.69, 9.17) is 4.74 Å². The third kappa shape index (κ3) is 3.44. The van der Waals surface area contributed by atoms with Crippen LogP contribution in [-0.4, -0.2) is 13.0 Å². The van der Waals surface area contributed by atoms with E-state index < -0.39 is 5.82 Å². The third-order valence-corrected chi connectivity index (χ3v) is 3.23. The molecule has 3 nitrogen and oxygen atoms in total. The molecule has 0 aliphatic carbocycles. The fourth-order valence-corrected chi connectivity index (χ4v) is 1.90. The van der Waals surface area contributed by atoms with Gasteiger partial charge in [0.05, 0.1) is 7.11 Å². The lowest BCUT2D eigenvalue weighted by molar-refractivity contribution is 0.102. The number of carbonyl (C=O) groups excluding carboxylic acids is 1. The number of halogens is 2. The van der Waals surface area contributed by atoms with E-state index in [0.717, 1.165) is 3.57 Å². The Bertz CT molecular complexity index is 599. The quantitative estimate of drug-likeness (QED) is 0.836. The summed E-state index contributed by atoms with van der Waals surface area (Å²) in [5, 5.41) is 2.74. The van der Waals surface area contributed by atoms with Crippen molar-refractivity contribution in [2.75, 3.05) is 12.4 Å². The summed E-state index contributed by atoms with van der Waals surface area (Å²) in [4.78, 5) is 12.0. The van der Waals surface area contributed by atoms with Gasteiger partial charge in [0.2, 0.25) is 0 Å². The zero-order chi connectivity index (χ0) is 13.8. The number of anilines is 1. The lowest BCUT2D eigenvalue weighted by Gasteiger charge is -2.07. The summed E-state index contributed by atoms with van der Waals surface area (Å²) < 4.78 is 19.2. The maximum absolute atomic E-state index is 13.2. The summed E-state index contributed by atoms with van der Waals surface area (Å²) in [6.45, 7) is 0. The Morgan fingerprint density at radius 3 is 2.53 bits per heavy atom. The first-order valence-electron chi connectivity index (χ1n) is 5.50. The van der Waals surface area contributed by atoms with Crippen LogP contribution in [0.1, 0.15) is 10.4 Å². The molecule has 0 unspecified atom stereocenters. The minimum atomic E-state index is -0.492. The molecular weight excluding hydrogens is 360 g/mol. The molecule has 0 fully saturated rings. The number of methoxy groups -OCH3 is 1. The van der Waals surface area contributed by atoms with E-state index in [9.17, 15) is 9.18 Å². The molecule has 0 spiro atoms. The van der Waals surface area contributed by atoms with E-state index in [-0.39, 0.29) is 11.7 Å². The number of hydrogen-bond acceptors (Lipinski definition) is 2. The van der Waals surface area contributed by atoms with Gasteiger partial charge in [0.25, 0.3) is 5.91 Å². The standard InChI is InChI=1S/C14H11FINO2/c1-19-13-8-9(2-7-12(13)15)14(18)17-11-5-3-10(16)4-6-11/h2-8H,1H3,(H,17,18). The van der Waals surface area contributed by atoms with Crippen LogP contribution in [0.5, 0.6) is 5.75 Å². The van der Waals surface area contributed by atoms with Crippen molar-refractivity contribution in [3.8, 4) is 5.75 Å². The maximum Gasteiger partial charge on any atom is 0.255 e. The van der Waals surface area contributed by atoms with Crippen LogP contribution < -0.4 is 10.1 Å². The van der Waals surface area contributed by atoms with Crippen LogP contribution in [0.2, 0.25) is 0 Å². The summed E-state index contributed by atoms with van der Waals surface area (Å²) in [7, 11) is 1.36. The van der Waals surface area contributed by atoms with Crippen LogP contribution >= 0.6 is 22.6 Å². The number of ether oxygens (including phenoxy) is 1. The minimum Gasteiger partial charge on any atom is -0.494 e. The van der Waals surface area contributed by atoms with Gasteiger partial charge in [-0.05, 0) is 65.1 Å². The molecule has 0 saturated carbocycles. The normalized spacial score (nSPS) is 10.1. The highest BCUT2D eigenvalue weighted by atomic mass is 127. The van der Waals surface area contributed by atoms with Gasteiger partial charge in [-0.2, -0.15) is 0 Å². The first kappa shape index (κ1) is 13.8. The Kier molecular flexibility index (Phi) is 4.36. The summed E-state index contributed by atoms with van der Waals surface area (Å²) in [6, 6.07) is 11.4. The first-order chi connectivity index (χ1) is 9.10. The topological polar surface area (TPSA) is 38.3 Å². The van der Waals surface area contributed by atoms with Crippen molar-refractivity contribution >= 4 is 34.2 Å². The summed E-state index contributed by atoms with van der Waals surface area (Å²) >= 11 is 2.18. The molecule has 1 N–H and O–H groups in total. The van der Waals surface area contributed by atoms with Crippen LogP contribution in [0, 0.1) is 9.39 Å². The van der Waals surface area contributed by atoms with Crippen molar-refractivity contribution in [1.82, 2.24) is 0 Å². The molecule has 19 heavy (non-hydrogen) atoms. The molecule has 0 aromatic heterocycles. The lowest BCUT2D eigenvalue weighted by atomic mass is 10.2. The summed E-state index contributed by atoms with van der Waals surface area (Å²) in [5.74, 6) is -0.747. The fourth-order valence-electron chi connectivity index (χ4n) is 1.54. The van der Waals surface area contributed by atoms with Gasteiger partial charge < -0.3 is 10.1 Å². The number of hydrogen-bond donors (Lipinski definition) is 1. The molecular formula is C14H11FINO2. The third-order valence-electron chi connectivity index (χ3n) is 2.52. The predicted octanol–water partition coefficient (Wildman–Crippen LogP) is 3.69. The Balaban J connectivity index is 2.18. The van der Waals surface area contributed by atoms with E-state index in [0.29, 0.717) is 11.3 Å². The smallest absolute Gasteiger partial charge is 0.255 e. The molecule has 0 heterocycles. The molecule has 0 aliphatic heterocycles. The van der Waals surface area contributed by atoms with Gasteiger partial charge in [-0.15, -0.1) is 0 Å². The Morgan fingerprint density at radius 1 is 1.21 bits per heavy atom. The minimum absolute atomic E-state index is 0.0512. The van der Waals surface area contributed by atoms with Gasteiger partial charge in [0, 0.05) is 14.8 Å². The fraction of sp³-hybridized carbons (Fsp3) is 0.0714. The van der Waals surface area contributed by atoms with E-state index >= 15 is 0 Å². The highest BCUT2D eigenvalue weighted by molar-refractivity contribution is 14.1. The summed E-state index contributed by atoms with van der Waals surface area (Å²) in [5.41, 5.74) is 1.03. The summed E-state index contributed by atoms with van der Waals surface area (Å²) in [6.07, 6.45) is 0. The SMILES string of the molecule is COc1cc(C(=O)Nc2ccc(I)cc2)ccc1F. The molecule has 0 radical (unpaired) electrons. The molecule has 5 heteroatoms. The largest absolute Gasteiger partial charge is 0.494 e. The predicted molar refractivity (Wildman–Crippen MR) is 80.1 cm³/mol. The van der Waals surface area contributed by atoms with Crippen LogP contribution in [0.4, 0.5) is 10.1 Å². The van der Waals surface area contributed by atoms with Crippen molar-refractivity contribution in [2.45, 2.75) is 0 Å². The number of carbonyl (C=O) groups is 1. The molecule has 0 atom stereocenters. The molecule has 0 saturated heterocycles. The van der Waals surface area contributed by atoms with Crippen molar-refractivity contribution in [3.05, 3.63) is 57.4 Å². The zero-order valence-electron chi connectivity index (χ0n) is 10.1. The second-order valence-electron chi connectivity index (χ2n) is 3.81. The van der Waals surface area contributed by atoms with Crippen molar-refractivity contribution in [2.24, 2.45) is 0 Å². The Morgan fingerprint density at radius 2 is 1.89 bits per heavy atom. The van der Waals surface area contributed by atoms with E-state index in [1.807, 2.05) is 12.1 Å². The maximum atomic E-state index is 13.2. The highest BCUT2D eigenvalue weighted by Gasteiger charge is 2.10. The van der Waals surface area contributed by atoms with E-state index in [1.165, 1.54) is 25.3 Å². The Labute approximate surface area is 123 Å². The Hall–Kier alpha value is -1.63. The van der Waals surface area contributed by atoms with Crippen molar-refractivity contribution < 1.29 is 13.9 Å². The van der Waals surface area contributed by atoms with Gasteiger partial charge in [-0.25, -0.2) is 4.39 Å². The average molecular weight is 371 g/mol. The van der Waals surface area contributed by atoms with Gasteiger partial charge in [0.1, 0.15) is 0 Å². The number of nitrogens with one attached hydrogen (secondary N) is 1. The number of benzene rings is 2. The number of rotatable bonds is 3. The second kappa shape index (κ2) is 6.01. The molecule has 0 bridgehead atoms. The van der Waals surface area contributed by atoms with Crippen LogP contribution in [0.15, 0.2) is 42.5 Å².